The first-order chi connectivity index (χ1) is 10.5. The molecule has 1 aliphatic heterocycles. The predicted octanol–water partition coefficient (Wildman–Crippen LogP) is -0.0551. The average Bonchev–Trinajstić information content (AvgIpc) is 2.52. The monoisotopic (exact) mass is 312 g/mol. The molecule has 0 spiro atoms. The van der Waals surface area contributed by atoms with Gasteiger partial charge in [-0.25, -0.2) is 0 Å². The fourth-order valence-electron chi connectivity index (χ4n) is 2.57. The van der Waals surface area contributed by atoms with Crippen molar-refractivity contribution in [3.8, 4) is 0 Å². The fraction of sp³-hybridized carbons (Fsp3) is 0.875. The number of ketones is 1. The SMILES string of the molecule is CNCCCN1CCN(CCCNC(=O)C(C)C(C)=O)CC1. The van der Waals surface area contributed by atoms with Crippen LogP contribution in [0.4, 0.5) is 0 Å². The molecule has 0 aromatic carbocycles. The normalized spacial score (nSPS) is 18.1. The topological polar surface area (TPSA) is 64.7 Å². The third kappa shape index (κ3) is 7.33. The Balaban J connectivity index is 2.05. The molecule has 0 saturated carbocycles. The molecule has 6 nitrogen and oxygen atoms in total. The van der Waals surface area contributed by atoms with Crippen molar-refractivity contribution < 1.29 is 9.59 Å². The molecule has 0 radical (unpaired) electrons. The van der Waals surface area contributed by atoms with Crippen LogP contribution in [-0.4, -0.2) is 80.9 Å². The zero-order chi connectivity index (χ0) is 16.4. The number of hydrogen-bond donors (Lipinski definition) is 2. The zero-order valence-corrected chi connectivity index (χ0v) is 14.4. The Kier molecular flexibility index (Phi) is 9.27. The second-order valence-electron chi connectivity index (χ2n) is 6.12. The summed E-state index contributed by atoms with van der Waals surface area (Å²) in [5.74, 6) is -0.755. The van der Waals surface area contributed by atoms with E-state index in [1.54, 1.807) is 6.92 Å². The number of carbonyl (C=O) groups is 2. The lowest BCUT2D eigenvalue weighted by molar-refractivity contribution is -0.132. The van der Waals surface area contributed by atoms with Crippen LogP contribution in [0.15, 0.2) is 0 Å². The van der Waals surface area contributed by atoms with Gasteiger partial charge in [-0.05, 0) is 53.4 Å². The maximum atomic E-state index is 11.6. The van der Waals surface area contributed by atoms with Gasteiger partial charge in [0.1, 0.15) is 5.78 Å². The summed E-state index contributed by atoms with van der Waals surface area (Å²) in [6.45, 7) is 11.5. The van der Waals surface area contributed by atoms with Crippen LogP contribution in [0.25, 0.3) is 0 Å². The minimum atomic E-state index is -0.527. The number of nitrogens with zero attached hydrogens (tertiary/aromatic N) is 2. The first kappa shape index (κ1) is 19.1. The number of Topliss-reactive ketones (excluding diaryl/α,β-unsaturated/α-hetero) is 1. The molecule has 1 fully saturated rings. The van der Waals surface area contributed by atoms with Crippen LogP contribution in [0.3, 0.4) is 0 Å². The van der Waals surface area contributed by atoms with Crippen molar-refractivity contribution >= 4 is 11.7 Å². The van der Waals surface area contributed by atoms with Gasteiger partial charge in [-0.15, -0.1) is 0 Å². The van der Waals surface area contributed by atoms with Crippen LogP contribution in [0, 0.1) is 5.92 Å². The van der Waals surface area contributed by atoms with Crippen molar-refractivity contribution in [3.05, 3.63) is 0 Å². The summed E-state index contributed by atoms with van der Waals surface area (Å²) in [7, 11) is 1.99. The van der Waals surface area contributed by atoms with Gasteiger partial charge in [0.15, 0.2) is 0 Å². The van der Waals surface area contributed by atoms with Crippen molar-refractivity contribution in [2.24, 2.45) is 5.92 Å². The Morgan fingerprint density at radius 1 is 1.00 bits per heavy atom. The molecule has 1 rings (SSSR count). The summed E-state index contributed by atoms with van der Waals surface area (Å²) < 4.78 is 0. The molecule has 1 atom stereocenters. The van der Waals surface area contributed by atoms with Crippen molar-refractivity contribution in [2.75, 3.05) is 59.4 Å². The van der Waals surface area contributed by atoms with Gasteiger partial charge in [0.2, 0.25) is 5.91 Å². The number of amides is 1. The standard InChI is InChI=1S/C16H32N4O2/c1-14(15(2)21)16(22)18-7-5-9-20-12-10-19(11-13-20)8-4-6-17-3/h14,17H,4-13H2,1-3H3,(H,18,22). The molecule has 1 amide bonds. The Labute approximate surface area is 134 Å². The number of carbonyl (C=O) groups excluding carboxylic acids is 2. The quantitative estimate of drug-likeness (QED) is 0.437. The largest absolute Gasteiger partial charge is 0.355 e. The van der Waals surface area contributed by atoms with E-state index in [1.165, 1.54) is 19.9 Å². The zero-order valence-electron chi connectivity index (χ0n) is 14.4. The van der Waals surface area contributed by atoms with Crippen LogP contribution in [0.1, 0.15) is 26.7 Å². The summed E-state index contributed by atoms with van der Waals surface area (Å²) in [5.41, 5.74) is 0. The maximum absolute atomic E-state index is 11.6. The van der Waals surface area contributed by atoms with Gasteiger partial charge in [-0.3, -0.25) is 9.59 Å². The summed E-state index contributed by atoms with van der Waals surface area (Å²) in [6.07, 6.45) is 2.15. The van der Waals surface area contributed by atoms with E-state index in [4.69, 9.17) is 0 Å². The van der Waals surface area contributed by atoms with Crippen molar-refractivity contribution in [3.63, 3.8) is 0 Å². The number of rotatable bonds is 10. The Hall–Kier alpha value is -0.980. The number of hydrogen-bond acceptors (Lipinski definition) is 5. The smallest absolute Gasteiger partial charge is 0.230 e. The highest BCUT2D eigenvalue weighted by Crippen LogP contribution is 2.03. The van der Waals surface area contributed by atoms with Gasteiger partial charge in [0, 0.05) is 32.7 Å². The minimum absolute atomic E-state index is 0.0769. The maximum Gasteiger partial charge on any atom is 0.230 e. The van der Waals surface area contributed by atoms with E-state index in [-0.39, 0.29) is 11.7 Å². The molecule has 128 valence electrons. The van der Waals surface area contributed by atoms with E-state index in [9.17, 15) is 9.59 Å². The van der Waals surface area contributed by atoms with Crippen molar-refractivity contribution in [1.29, 1.82) is 0 Å². The summed E-state index contributed by atoms with van der Waals surface area (Å²) in [4.78, 5) is 27.7. The first-order valence-electron chi connectivity index (χ1n) is 8.42. The lowest BCUT2D eigenvalue weighted by Crippen LogP contribution is -2.47. The van der Waals surface area contributed by atoms with E-state index in [1.807, 2.05) is 7.05 Å². The van der Waals surface area contributed by atoms with Crippen LogP contribution < -0.4 is 10.6 Å². The molecule has 6 heteroatoms. The van der Waals surface area contributed by atoms with Crippen molar-refractivity contribution in [1.82, 2.24) is 20.4 Å². The second kappa shape index (κ2) is 10.7. The van der Waals surface area contributed by atoms with E-state index in [0.29, 0.717) is 6.54 Å². The van der Waals surface area contributed by atoms with E-state index in [0.717, 1.165) is 45.7 Å². The predicted molar refractivity (Wildman–Crippen MR) is 88.9 cm³/mol. The van der Waals surface area contributed by atoms with Crippen LogP contribution in [0.5, 0.6) is 0 Å². The van der Waals surface area contributed by atoms with Crippen molar-refractivity contribution in [2.45, 2.75) is 26.7 Å². The summed E-state index contributed by atoms with van der Waals surface area (Å²) in [5, 5.41) is 6.02. The van der Waals surface area contributed by atoms with Gasteiger partial charge in [0.25, 0.3) is 0 Å². The van der Waals surface area contributed by atoms with Crippen LogP contribution in [0.2, 0.25) is 0 Å². The third-order valence-corrected chi connectivity index (χ3v) is 4.32. The van der Waals surface area contributed by atoms with E-state index in [2.05, 4.69) is 20.4 Å². The van der Waals surface area contributed by atoms with E-state index < -0.39 is 5.92 Å². The van der Waals surface area contributed by atoms with Gasteiger partial charge >= 0.3 is 0 Å². The molecular weight excluding hydrogens is 280 g/mol. The molecule has 1 heterocycles. The van der Waals surface area contributed by atoms with Gasteiger partial charge in [0.05, 0.1) is 5.92 Å². The summed E-state index contributed by atoms with van der Waals surface area (Å²) in [6, 6.07) is 0. The minimum Gasteiger partial charge on any atom is -0.355 e. The Morgan fingerprint density at radius 3 is 1.95 bits per heavy atom. The lowest BCUT2D eigenvalue weighted by Gasteiger charge is -2.34. The Morgan fingerprint density at radius 2 is 1.50 bits per heavy atom. The fourth-order valence-corrected chi connectivity index (χ4v) is 2.57. The van der Waals surface area contributed by atoms with Crippen LogP contribution in [-0.2, 0) is 9.59 Å². The van der Waals surface area contributed by atoms with Gasteiger partial charge in [-0.1, -0.05) is 0 Å². The first-order valence-corrected chi connectivity index (χ1v) is 8.42. The molecule has 1 saturated heterocycles. The molecule has 0 aromatic rings. The molecule has 1 aliphatic rings. The molecule has 0 aromatic heterocycles. The number of nitrogens with one attached hydrogen (secondary N) is 2. The molecule has 2 N–H and O–H groups in total. The highest BCUT2D eigenvalue weighted by atomic mass is 16.2. The van der Waals surface area contributed by atoms with Gasteiger partial charge < -0.3 is 20.4 Å². The highest BCUT2D eigenvalue weighted by molar-refractivity contribution is 5.99. The molecule has 22 heavy (non-hydrogen) atoms. The third-order valence-electron chi connectivity index (χ3n) is 4.32. The lowest BCUT2D eigenvalue weighted by atomic mass is 10.1. The molecule has 0 bridgehead atoms. The number of piperazine rings is 1. The van der Waals surface area contributed by atoms with E-state index >= 15 is 0 Å². The average molecular weight is 312 g/mol. The molecular formula is C16H32N4O2. The highest BCUT2D eigenvalue weighted by Gasteiger charge is 2.18. The van der Waals surface area contributed by atoms with Crippen LogP contribution >= 0.6 is 0 Å². The second-order valence-corrected chi connectivity index (χ2v) is 6.12. The summed E-state index contributed by atoms with van der Waals surface area (Å²) >= 11 is 0. The molecule has 1 unspecified atom stereocenters. The Bertz CT molecular complexity index is 341. The van der Waals surface area contributed by atoms with Gasteiger partial charge in [-0.2, -0.15) is 0 Å². The molecule has 0 aliphatic carbocycles.